The monoisotopic (exact) mass is 399 g/mol. The molecule has 3 aromatic rings. The van der Waals surface area contributed by atoms with Crippen LogP contribution in [0.25, 0.3) is 16.9 Å². The Morgan fingerprint density at radius 1 is 1.10 bits per heavy atom. The molecule has 0 radical (unpaired) electrons. The molecule has 156 valence electrons. The van der Waals surface area contributed by atoms with Crippen LogP contribution in [-0.2, 0) is 0 Å². The maximum absolute atomic E-state index is 6.22. The number of nitrogens with one attached hydrogen (secondary N) is 1. The van der Waals surface area contributed by atoms with Gasteiger partial charge < -0.3 is 25.4 Å². The Bertz CT molecular complexity index is 984. The van der Waals surface area contributed by atoms with Gasteiger partial charge in [-0.1, -0.05) is 13.8 Å². The summed E-state index contributed by atoms with van der Waals surface area (Å²) >= 11 is 0. The molecule has 3 N–H and O–H groups in total. The molecule has 0 aliphatic carbocycles. The first kappa shape index (κ1) is 20.7. The molecule has 9 heteroatoms. The van der Waals surface area contributed by atoms with Gasteiger partial charge in [0.05, 0.1) is 25.3 Å². The van der Waals surface area contributed by atoms with Crippen LogP contribution in [0.5, 0.6) is 11.5 Å². The van der Waals surface area contributed by atoms with Crippen molar-refractivity contribution in [2.75, 3.05) is 45.9 Å². The number of hydrogen-bond donors (Lipinski definition) is 2. The highest BCUT2D eigenvalue weighted by atomic mass is 16.5. The largest absolute Gasteiger partial charge is 0.493 e. The Balaban J connectivity index is 2.02. The molecule has 9 nitrogen and oxygen atoms in total. The minimum atomic E-state index is 0.244. The number of nitrogens with two attached hydrogens (primary N) is 1. The topological polar surface area (TPSA) is 103 Å². The number of methoxy groups -OCH3 is 2. The highest BCUT2D eigenvalue weighted by molar-refractivity contribution is 5.84. The fourth-order valence-corrected chi connectivity index (χ4v) is 3.22. The van der Waals surface area contributed by atoms with Gasteiger partial charge in [-0.05, 0) is 20.0 Å². The predicted octanol–water partition coefficient (Wildman–Crippen LogP) is 2.41. The van der Waals surface area contributed by atoms with Crippen molar-refractivity contribution in [2.45, 2.75) is 19.9 Å². The van der Waals surface area contributed by atoms with Gasteiger partial charge in [0.15, 0.2) is 11.5 Å². The van der Waals surface area contributed by atoms with Gasteiger partial charge in [0, 0.05) is 30.8 Å². The molecule has 0 aliphatic rings. The predicted molar refractivity (Wildman–Crippen MR) is 115 cm³/mol. The van der Waals surface area contributed by atoms with Crippen LogP contribution in [0.1, 0.15) is 13.8 Å². The summed E-state index contributed by atoms with van der Waals surface area (Å²) in [6.07, 6.45) is 1.52. The van der Waals surface area contributed by atoms with E-state index in [1.165, 1.54) is 6.33 Å². The van der Waals surface area contributed by atoms with Crippen LogP contribution in [0, 0.1) is 5.92 Å². The fraction of sp³-hybridized carbons (Fsp3) is 0.450. The number of nitrogens with zero attached hydrogens (tertiary/aromatic N) is 5. The van der Waals surface area contributed by atoms with E-state index in [0.29, 0.717) is 34.7 Å². The average molecular weight is 399 g/mol. The van der Waals surface area contributed by atoms with Gasteiger partial charge in [0.25, 0.3) is 0 Å². The minimum absolute atomic E-state index is 0.244. The Labute approximate surface area is 170 Å². The van der Waals surface area contributed by atoms with Crippen molar-refractivity contribution >= 4 is 22.8 Å². The van der Waals surface area contributed by atoms with E-state index in [9.17, 15) is 0 Å². The molecule has 2 heterocycles. The van der Waals surface area contributed by atoms with Gasteiger partial charge in [-0.2, -0.15) is 0 Å². The molecule has 0 saturated heterocycles. The Hall–Kier alpha value is -3.07. The van der Waals surface area contributed by atoms with Crippen molar-refractivity contribution in [3.05, 3.63) is 24.5 Å². The Morgan fingerprint density at radius 3 is 2.41 bits per heavy atom. The minimum Gasteiger partial charge on any atom is -0.493 e. The zero-order valence-electron chi connectivity index (χ0n) is 17.8. The van der Waals surface area contributed by atoms with E-state index in [4.69, 9.17) is 15.2 Å². The lowest BCUT2D eigenvalue weighted by atomic mass is 10.0. The first-order chi connectivity index (χ1) is 13.8. The highest BCUT2D eigenvalue weighted by Gasteiger charge is 2.18. The maximum Gasteiger partial charge on any atom is 0.207 e. The first-order valence-electron chi connectivity index (χ1n) is 9.47. The molecule has 29 heavy (non-hydrogen) atoms. The molecule has 0 fully saturated rings. The lowest BCUT2D eigenvalue weighted by molar-refractivity contribution is 0.344. The summed E-state index contributed by atoms with van der Waals surface area (Å²) in [7, 11) is 7.30. The smallest absolute Gasteiger partial charge is 0.207 e. The molecule has 0 bridgehead atoms. The number of aromatic nitrogens is 4. The van der Waals surface area contributed by atoms with Crippen LogP contribution < -0.4 is 20.5 Å². The first-order valence-corrected chi connectivity index (χ1v) is 9.47. The van der Waals surface area contributed by atoms with Gasteiger partial charge in [0.2, 0.25) is 5.95 Å². The second-order valence-corrected chi connectivity index (χ2v) is 7.52. The zero-order valence-corrected chi connectivity index (χ0v) is 17.8. The number of likely N-dealkylation sites (N-methyl/N-ethyl adjacent to an activating group) is 1. The summed E-state index contributed by atoms with van der Waals surface area (Å²) in [4.78, 5) is 15.4. The molecule has 3 rings (SSSR count). The van der Waals surface area contributed by atoms with Crippen LogP contribution in [0.15, 0.2) is 24.5 Å². The number of nitrogen functional groups attached to an aromatic ring is 1. The van der Waals surface area contributed by atoms with E-state index in [2.05, 4.69) is 53.1 Å². The third-order valence-electron chi connectivity index (χ3n) is 4.77. The molecule has 2 aromatic heterocycles. The number of fused-ring (bicyclic) bond motifs is 1. The molecule has 1 aromatic carbocycles. The Morgan fingerprint density at radius 2 is 1.79 bits per heavy atom. The van der Waals surface area contributed by atoms with Gasteiger partial charge in [-0.15, -0.1) is 0 Å². The normalized spacial score (nSPS) is 12.6. The van der Waals surface area contributed by atoms with E-state index in [0.717, 1.165) is 17.9 Å². The molecule has 0 aliphatic heterocycles. The van der Waals surface area contributed by atoms with E-state index in [1.807, 2.05) is 12.1 Å². The molecule has 0 saturated carbocycles. The number of ether oxygens (including phenoxy) is 2. The van der Waals surface area contributed by atoms with Gasteiger partial charge in [0.1, 0.15) is 18.0 Å². The third kappa shape index (κ3) is 4.34. The average Bonchev–Trinajstić information content (AvgIpc) is 3.00. The standard InChI is InChI=1S/C20H29N7O2/c1-12(2)14(10-26(3)4)24-18-9-19(23-11-22-18)27-15-8-17(29-6)16(28-5)7-13(15)25-20(27)21/h7-9,11-12,14H,10H2,1-6H3,(H2,21,25)(H,22,23,24)/t14-/m1/s1. The lowest BCUT2D eigenvalue weighted by Crippen LogP contribution is -2.36. The lowest BCUT2D eigenvalue weighted by Gasteiger charge is -2.26. The van der Waals surface area contributed by atoms with Crippen molar-refractivity contribution in [1.29, 1.82) is 0 Å². The number of imidazole rings is 1. The summed E-state index contributed by atoms with van der Waals surface area (Å²) < 4.78 is 12.6. The quantitative estimate of drug-likeness (QED) is 0.595. The summed E-state index contributed by atoms with van der Waals surface area (Å²) in [5.74, 6) is 3.32. The van der Waals surface area contributed by atoms with E-state index < -0.39 is 0 Å². The van der Waals surface area contributed by atoms with Crippen LogP contribution in [0.2, 0.25) is 0 Å². The van der Waals surface area contributed by atoms with Crippen LogP contribution in [0.3, 0.4) is 0 Å². The summed E-state index contributed by atoms with van der Waals surface area (Å²) in [5.41, 5.74) is 7.69. The van der Waals surface area contributed by atoms with Crippen molar-refractivity contribution < 1.29 is 9.47 Å². The summed E-state index contributed by atoms with van der Waals surface area (Å²) in [6.45, 7) is 5.26. The van der Waals surface area contributed by atoms with Crippen molar-refractivity contribution in [2.24, 2.45) is 5.92 Å². The third-order valence-corrected chi connectivity index (χ3v) is 4.77. The number of benzene rings is 1. The fourth-order valence-electron chi connectivity index (χ4n) is 3.22. The maximum atomic E-state index is 6.22. The number of hydrogen-bond acceptors (Lipinski definition) is 8. The van der Waals surface area contributed by atoms with Gasteiger partial charge >= 0.3 is 0 Å². The molecule has 0 unspecified atom stereocenters. The number of rotatable bonds is 8. The van der Waals surface area contributed by atoms with Crippen LogP contribution in [0.4, 0.5) is 11.8 Å². The number of anilines is 2. The SMILES string of the molecule is COc1cc2nc(N)n(-c3cc(N[C@H](CN(C)C)C(C)C)ncn3)c2cc1OC. The van der Waals surface area contributed by atoms with Gasteiger partial charge in [-0.3, -0.25) is 4.57 Å². The van der Waals surface area contributed by atoms with Crippen LogP contribution >= 0.6 is 0 Å². The molecular formula is C20H29N7O2. The van der Waals surface area contributed by atoms with Crippen molar-refractivity contribution in [1.82, 2.24) is 24.4 Å². The molecule has 0 spiro atoms. The van der Waals surface area contributed by atoms with E-state index in [-0.39, 0.29) is 6.04 Å². The molecule has 0 amide bonds. The van der Waals surface area contributed by atoms with Crippen molar-refractivity contribution in [3.63, 3.8) is 0 Å². The molecular weight excluding hydrogens is 370 g/mol. The van der Waals surface area contributed by atoms with Crippen LogP contribution in [-0.4, -0.2) is 65.3 Å². The Kier molecular flexibility index (Phi) is 6.07. The summed E-state index contributed by atoms with van der Waals surface area (Å²) in [6, 6.07) is 5.76. The zero-order chi connectivity index (χ0) is 21.1. The van der Waals surface area contributed by atoms with E-state index >= 15 is 0 Å². The second-order valence-electron chi connectivity index (χ2n) is 7.52. The highest BCUT2D eigenvalue weighted by Crippen LogP contribution is 2.34. The van der Waals surface area contributed by atoms with Crippen molar-refractivity contribution in [3.8, 4) is 17.3 Å². The second kappa shape index (κ2) is 8.52. The summed E-state index contributed by atoms with van der Waals surface area (Å²) in [5, 5.41) is 3.51. The molecule has 1 atom stereocenters. The van der Waals surface area contributed by atoms with Gasteiger partial charge in [-0.25, -0.2) is 15.0 Å². The van der Waals surface area contributed by atoms with E-state index in [1.54, 1.807) is 24.9 Å².